The highest BCUT2D eigenvalue weighted by Crippen LogP contribution is 2.36. The van der Waals surface area contributed by atoms with Gasteiger partial charge in [-0.25, -0.2) is 0 Å². The maximum atomic E-state index is 11.7. The van der Waals surface area contributed by atoms with E-state index in [4.69, 9.17) is 9.16 Å². The van der Waals surface area contributed by atoms with Gasteiger partial charge >= 0.3 is 5.97 Å². The average Bonchev–Trinajstić information content (AvgIpc) is 2.34. The van der Waals surface area contributed by atoms with Crippen LogP contribution in [0.2, 0.25) is 18.1 Å². The van der Waals surface area contributed by atoms with Gasteiger partial charge in [0.25, 0.3) is 0 Å². The maximum absolute atomic E-state index is 11.7. The van der Waals surface area contributed by atoms with E-state index >= 15 is 0 Å². The monoisotopic (exact) mass is 331 g/mol. The SMILES string of the molecule is CCOC(=O)CC(CO[Si](C)(C)C(C)(C)C)NCCC(C)=O. The predicted octanol–water partition coefficient (Wildman–Crippen LogP) is 2.90. The Morgan fingerprint density at radius 3 is 2.27 bits per heavy atom. The lowest BCUT2D eigenvalue weighted by atomic mass is 10.2. The van der Waals surface area contributed by atoms with Gasteiger partial charge in [0.05, 0.1) is 13.0 Å². The highest BCUT2D eigenvalue weighted by Gasteiger charge is 2.37. The van der Waals surface area contributed by atoms with Crippen LogP contribution >= 0.6 is 0 Å². The number of ether oxygens (including phenoxy) is 1. The molecule has 0 aromatic heterocycles. The van der Waals surface area contributed by atoms with Crippen LogP contribution in [-0.2, 0) is 18.8 Å². The average molecular weight is 332 g/mol. The third-order valence-corrected chi connectivity index (χ3v) is 8.58. The van der Waals surface area contributed by atoms with Crippen molar-refractivity contribution in [2.24, 2.45) is 0 Å². The number of nitrogens with one attached hydrogen (secondary N) is 1. The topological polar surface area (TPSA) is 64.6 Å². The van der Waals surface area contributed by atoms with Crippen molar-refractivity contribution >= 4 is 20.1 Å². The lowest BCUT2D eigenvalue weighted by Gasteiger charge is -2.37. The van der Waals surface area contributed by atoms with Crippen molar-refractivity contribution in [1.82, 2.24) is 5.32 Å². The predicted molar refractivity (Wildman–Crippen MR) is 91.5 cm³/mol. The summed E-state index contributed by atoms with van der Waals surface area (Å²) in [4.78, 5) is 22.7. The van der Waals surface area contributed by atoms with Crippen LogP contribution < -0.4 is 5.32 Å². The highest BCUT2D eigenvalue weighted by molar-refractivity contribution is 6.74. The zero-order chi connectivity index (χ0) is 17.4. The van der Waals surface area contributed by atoms with Gasteiger partial charge in [0.2, 0.25) is 0 Å². The Balaban J connectivity index is 4.57. The molecule has 5 nitrogen and oxygen atoms in total. The summed E-state index contributed by atoms with van der Waals surface area (Å²) in [5, 5.41) is 3.37. The first-order valence-electron chi connectivity index (χ1n) is 8.02. The third-order valence-electron chi connectivity index (χ3n) is 4.08. The number of esters is 1. The maximum Gasteiger partial charge on any atom is 0.307 e. The van der Waals surface area contributed by atoms with Gasteiger partial charge in [0, 0.05) is 25.6 Å². The fourth-order valence-corrected chi connectivity index (χ4v) is 2.64. The molecule has 0 amide bonds. The Bertz CT molecular complexity index is 364. The van der Waals surface area contributed by atoms with Crippen LogP contribution in [0.25, 0.3) is 0 Å². The van der Waals surface area contributed by atoms with Crippen LogP contribution in [0.4, 0.5) is 0 Å². The minimum absolute atomic E-state index is 0.118. The Hall–Kier alpha value is -0.723. The standard InChI is InChI=1S/C16H33NO4Si/c1-8-20-15(19)11-14(17-10-9-13(2)18)12-21-22(6,7)16(3,4)5/h14,17H,8-12H2,1-7H3. The van der Waals surface area contributed by atoms with Gasteiger partial charge in [-0.3, -0.25) is 9.59 Å². The van der Waals surface area contributed by atoms with E-state index in [1.807, 2.05) is 0 Å². The number of carbonyl (C=O) groups is 2. The molecule has 0 aliphatic carbocycles. The molecule has 0 saturated carbocycles. The molecule has 1 N–H and O–H groups in total. The van der Waals surface area contributed by atoms with E-state index in [9.17, 15) is 9.59 Å². The Morgan fingerprint density at radius 2 is 1.82 bits per heavy atom. The molecule has 0 heterocycles. The van der Waals surface area contributed by atoms with Gasteiger partial charge in [-0.05, 0) is 32.0 Å². The van der Waals surface area contributed by atoms with Crippen molar-refractivity contribution in [1.29, 1.82) is 0 Å². The van der Waals surface area contributed by atoms with Crippen LogP contribution in [-0.4, -0.2) is 45.9 Å². The smallest absolute Gasteiger partial charge is 0.307 e. The normalized spacial score (nSPS) is 13.8. The number of rotatable bonds is 10. The first-order valence-corrected chi connectivity index (χ1v) is 10.9. The lowest BCUT2D eigenvalue weighted by Crippen LogP contribution is -2.46. The molecule has 1 unspecified atom stereocenters. The lowest BCUT2D eigenvalue weighted by molar-refractivity contribution is -0.143. The number of Topliss-reactive ketones (excluding diaryl/α,β-unsaturated/α-hetero) is 1. The largest absolute Gasteiger partial charge is 0.466 e. The van der Waals surface area contributed by atoms with Crippen LogP contribution in [0.1, 0.15) is 47.5 Å². The molecule has 0 aromatic carbocycles. The first kappa shape index (κ1) is 21.3. The summed E-state index contributed by atoms with van der Waals surface area (Å²) in [6.45, 7) is 15.7. The Kier molecular flexibility index (Phi) is 9.11. The summed E-state index contributed by atoms with van der Waals surface area (Å²) in [5.41, 5.74) is 0. The van der Waals surface area contributed by atoms with Gasteiger partial charge in [0.1, 0.15) is 5.78 Å². The van der Waals surface area contributed by atoms with Crippen molar-refractivity contribution in [3.63, 3.8) is 0 Å². The molecule has 0 aliphatic rings. The molecule has 0 bridgehead atoms. The van der Waals surface area contributed by atoms with E-state index in [-0.39, 0.29) is 29.3 Å². The molecule has 1 atom stereocenters. The molecule has 0 aliphatic heterocycles. The van der Waals surface area contributed by atoms with E-state index in [1.165, 1.54) is 0 Å². The Labute approximate surface area is 136 Å². The molecule has 0 fully saturated rings. The molecule has 0 spiro atoms. The molecule has 6 heteroatoms. The van der Waals surface area contributed by atoms with Crippen molar-refractivity contribution in [2.75, 3.05) is 19.8 Å². The van der Waals surface area contributed by atoms with Crippen LogP contribution in [0, 0.1) is 0 Å². The molecule has 0 aromatic rings. The number of hydrogen-bond acceptors (Lipinski definition) is 5. The minimum atomic E-state index is -1.86. The summed E-state index contributed by atoms with van der Waals surface area (Å²) in [5.74, 6) is -0.102. The molecular weight excluding hydrogens is 298 g/mol. The van der Waals surface area contributed by atoms with E-state index < -0.39 is 8.32 Å². The molecule has 0 saturated heterocycles. The fraction of sp³-hybridized carbons (Fsp3) is 0.875. The molecule has 130 valence electrons. The van der Waals surface area contributed by atoms with Crippen LogP contribution in [0.15, 0.2) is 0 Å². The summed E-state index contributed by atoms with van der Waals surface area (Å²) in [7, 11) is -1.86. The van der Waals surface area contributed by atoms with Crippen LogP contribution in [0.3, 0.4) is 0 Å². The van der Waals surface area contributed by atoms with Gasteiger partial charge in [-0.1, -0.05) is 20.8 Å². The second-order valence-electron chi connectivity index (χ2n) is 7.18. The fourth-order valence-electron chi connectivity index (χ4n) is 1.59. The third kappa shape index (κ3) is 8.65. The van der Waals surface area contributed by atoms with Gasteiger partial charge in [-0.2, -0.15) is 0 Å². The molecule has 0 radical (unpaired) electrons. The van der Waals surface area contributed by atoms with Crippen molar-refractivity contribution in [3.05, 3.63) is 0 Å². The highest BCUT2D eigenvalue weighted by atomic mass is 28.4. The summed E-state index contributed by atoms with van der Waals surface area (Å²) in [6, 6.07) is -0.118. The van der Waals surface area contributed by atoms with E-state index in [1.54, 1.807) is 13.8 Å². The summed E-state index contributed by atoms with van der Waals surface area (Å²) < 4.78 is 11.2. The van der Waals surface area contributed by atoms with E-state index in [2.05, 4.69) is 39.2 Å². The van der Waals surface area contributed by atoms with Gasteiger partial charge in [0.15, 0.2) is 8.32 Å². The molecular formula is C16H33NO4Si. The van der Waals surface area contributed by atoms with E-state index in [0.29, 0.717) is 26.2 Å². The summed E-state index contributed by atoms with van der Waals surface area (Å²) in [6.07, 6.45) is 0.722. The minimum Gasteiger partial charge on any atom is -0.466 e. The number of carbonyl (C=O) groups excluding carboxylic acids is 2. The molecule has 0 rings (SSSR count). The van der Waals surface area contributed by atoms with E-state index in [0.717, 1.165) is 0 Å². The van der Waals surface area contributed by atoms with Gasteiger partial charge < -0.3 is 14.5 Å². The zero-order valence-corrected chi connectivity index (χ0v) is 16.2. The van der Waals surface area contributed by atoms with Gasteiger partial charge in [-0.15, -0.1) is 0 Å². The zero-order valence-electron chi connectivity index (χ0n) is 15.2. The number of hydrogen-bond donors (Lipinski definition) is 1. The van der Waals surface area contributed by atoms with Crippen molar-refractivity contribution in [3.8, 4) is 0 Å². The quantitative estimate of drug-likeness (QED) is 0.492. The number of ketones is 1. The van der Waals surface area contributed by atoms with Crippen LogP contribution in [0.5, 0.6) is 0 Å². The summed E-state index contributed by atoms with van der Waals surface area (Å²) >= 11 is 0. The second kappa shape index (κ2) is 9.42. The van der Waals surface area contributed by atoms with Crippen molar-refractivity contribution in [2.45, 2.75) is 71.6 Å². The van der Waals surface area contributed by atoms with Crippen molar-refractivity contribution < 1.29 is 18.8 Å². The Morgan fingerprint density at radius 1 is 1.23 bits per heavy atom. The first-order chi connectivity index (χ1) is 9.99. The second-order valence-corrected chi connectivity index (χ2v) is 12.0. The molecule has 22 heavy (non-hydrogen) atoms.